The van der Waals surface area contributed by atoms with E-state index in [2.05, 4.69) is 6.92 Å². The van der Waals surface area contributed by atoms with Crippen LogP contribution in [-0.4, -0.2) is 21.3 Å². The highest BCUT2D eigenvalue weighted by atomic mass is 31.2. The molecule has 5 nitrogen and oxygen atoms in total. The van der Waals surface area contributed by atoms with Gasteiger partial charge in [0, 0.05) is 0 Å². The predicted octanol–water partition coefficient (Wildman–Crippen LogP) is 4.53. The largest absolute Gasteiger partial charge is 0.502 e. The molecule has 0 heterocycles. The standard InChI is InChI=1S/C15H30O.H3O4P/c1-3-5-6-7-8-9-10-11-12-13-15-16-14-4-2;1-5(2,3)4/h4,14H,3,5-13,15H2,1-2H3;(H3,1,2,3,4). The second-order valence-corrected chi connectivity index (χ2v) is 6.06. The average Bonchev–Trinajstić information content (AvgIpc) is 2.38. The molecule has 0 spiro atoms. The van der Waals surface area contributed by atoms with Crippen molar-refractivity contribution in [3.63, 3.8) is 0 Å². The normalized spacial score (nSPS) is 11.3. The molecule has 6 heteroatoms. The van der Waals surface area contributed by atoms with Crippen LogP contribution in [-0.2, 0) is 9.30 Å². The van der Waals surface area contributed by atoms with Crippen LogP contribution in [0.1, 0.15) is 78.1 Å². The van der Waals surface area contributed by atoms with E-state index in [0.717, 1.165) is 6.61 Å². The highest BCUT2D eigenvalue weighted by Gasteiger charge is 2.00. The molecule has 0 aliphatic heterocycles. The number of rotatable bonds is 12. The summed E-state index contributed by atoms with van der Waals surface area (Å²) >= 11 is 0. The van der Waals surface area contributed by atoms with Crippen LogP contribution in [0, 0.1) is 0 Å². The Kier molecular flexibility index (Phi) is 19.3. The van der Waals surface area contributed by atoms with Crippen molar-refractivity contribution in [3.8, 4) is 0 Å². The zero-order chi connectivity index (χ0) is 16.4. The number of hydrogen-bond acceptors (Lipinski definition) is 2. The molecule has 0 fully saturated rings. The molecule has 0 rings (SSSR count). The first-order valence-electron chi connectivity index (χ1n) is 7.92. The molecule has 0 bridgehead atoms. The van der Waals surface area contributed by atoms with Gasteiger partial charge in [0.05, 0.1) is 12.9 Å². The van der Waals surface area contributed by atoms with E-state index in [1.165, 1.54) is 64.2 Å². The number of unbranched alkanes of at least 4 members (excludes halogenated alkanes) is 9. The van der Waals surface area contributed by atoms with E-state index in [0.29, 0.717) is 0 Å². The number of allylic oxidation sites excluding steroid dienone is 1. The van der Waals surface area contributed by atoms with Crippen molar-refractivity contribution in [1.29, 1.82) is 0 Å². The van der Waals surface area contributed by atoms with Crippen LogP contribution >= 0.6 is 7.82 Å². The van der Waals surface area contributed by atoms with Gasteiger partial charge in [0.1, 0.15) is 0 Å². The highest BCUT2D eigenvalue weighted by molar-refractivity contribution is 7.45. The predicted molar refractivity (Wildman–Crippen MR) is 86.9 cm³/mol. The molecule has 0 radical (unpaired) electrons. The summed E-state index contributed by atoms with van der Waals surface area (Å²) in [6.07, 6.45) is 17.6. The summed E-state index contributed by atoms with van der Waals surface area (Å²) in [5, 5.41) is 0. The van der Waals surface area contributed by atoms with Gasteiger partial charge in [-0.15, -0.1) is 0 Å². The Balaban J connectivity index is 0. The molecule has 0 unspecified atom stereocenters. The minimum absolute atomic E-state index is 0.890. The van der Waals surface area contributed by atoms with E-state index >= 15 is 0 Å². The Morgan fingerprint density at radius 3 is 1.62 bits per heavy atom. The summed E-state index contributed by atoms with van der Waals surface area (Å²) < 4.78 is 14.2. The summed E-state index contributed by atoms with van der Waals surface area (Å²) in [7, 11) is -4.64. The van der Waals surface area contributed by atoms with E-state index in [9.17, 15) is 0 Å². The van der Waals surface area contributed by atoms with Gasteiger partial charge < -0.3 is 19.4 Å². The first-order chi connectivity index (χ1) is 9.91. The van der Waals surface area contributed by atoms with Crippen LogP contribution < -0.4 is 0 Å². The lowest BCUT2D eigenvalue weighted by Gasteiger charge is -2.02. The summed E-state index contributed by atoms with van der Waals surface area (Å²) in [6, 6.07) is 0. The molecule has 0 saturated heterocycles. The molecule has 0 aromatic carbocycles. The van der Waals surface area contributed by atoms with Gasteiger partial charge in [0.15, 0.2) is 0 Å². The van der Waals surface area contributed by atoms with Crippen molar-refractivity contribution < 1.29 is 24.0 Å². The first-order valence-corrected chi connectivity index (χ1v) is 9.49. The highest BCUT2D eigenvalue weighted by Crippen LogP contribution is 2.25. The van der Waals surface area contributed by atoms with Crippen LogP contribution in [0.3, 0.4) is 0 Å². The third kappa shape index (κ3) is 38.3. The second-order valence-electron chi connectivity index (χ2n) is 5.04. The monoisotopic (exact) mass is 324 g/mol. The molecule has 0 amide bonds. The lowest BCUT2D eigenvalue weighted by atomic mass is 10.1. The van der Waals surface area contributed by atoms with Crippen molar-refractivity contribution in [1.82, 2.24) is 0 Å². The number of ether oxygens (including phenoxy) is 1. The lowest BCUT2D eigenvalue weighted by molar-refractivity contribution is 0.240. The zero-order valence-corrected chi connectivity index (χ0v) is 14.4. The Morgan fingerprint density at radius 1 is 0.857 bits per heavy atom. The molecule has 0 aromatic heterocycles. The van der Waals surface area contributed by atoms with Crippen LogP contribution in [0.4, 0.5) is 0 Å². The van der Waals surface area contributed by atoms with Crippen LogP contribution in [0.15, 0.2) is 12.3 Å². The Labute approximate surface area is 129 Å². The van der Waals surface area contributed by atoms with Crippen molar-refractivity contribution in [2.45, 2.75) is 78.1 Å². The van der Waals surface area contributed by atoms with E-state index < -0.39 is 7.82 Å². The van der Waals surface area contributed by atoms with Crippen LogP contribution in [0.25, 0.3) is 0 Å². The van der Waals surface area contributed by atoms with Gasteiger partial charge in [-0.05, 0) is 13.3 Å². The molecule has 0 aromatic rings. The molecule has 128 valence electrons. The maximum absolute atomic E-state index is 8.88. The summed E-state index contributed by atoms with van der Waals surface area (Å²) in [4.78, 5) is 21.6. The molecular weight excluding hydrogens is 291 g/mol. The van der Waals surface area contributed by atoms with E-state index in [1.54, 1.807) is 6.26 Å². The van der Waals surface area contributed by atoms with Crippen molar-refractivity contribution in [3.05, 3.63) is 12.3 Å². The molecule has 3 N–H and O–H groups in total. The fraction of sp³-hybridized carbons (Fsp3) is 0.867. The molecule has 0 aliphatic rings. The van der Waals surface area contributed by atoms with E-state index in [1.807, 2.05) is 13.0 Å². The van der Waals surface area contributed by atoms with Crippen molar-refractivity contribution in [2.75, 3.05) is 6.61 Å². The van der Waals surface area contributed by atoms with Crippen LogP contribution in [0.5, 0.6) is 0 Å². The fourth-order valence-electron chi connectivity index (χ4n) is 1.84. The topological polar surface area (TPSA) is 87.0 Å². The second kappa shape index (κ2) is 17.7. The summed E-state index contributed by atoms with van der Waals surface area (Å²) in [5.41, 5.74) is 0. The van der Waals surface area contributed by atoms with Gasteiger partial charge in [0.25, 0.3) is 0 Å². The minimum Gasteiger partial charge on any atom is -0.502 e. The Hall–Kier alpha value is -0.350. The van der Waals surface area contributed by atoms with Gasteiger partial charge in [0.2, 0.25) is 0 Å². The third-order valence-electron chi connectivity index (χ3n) is 2.85. The summed E-state index contributed by atoms with van der Waals surface area (Å²) in [5.74, 6) is 0. The molecule has 0 atom stereocenters. The number of phosphoric acid groups is 1. The number of hydrogen-bond donors (Lipinski definition) is 3. The van der Waals surface area contributed by atoms with Gasteiger partial charge >= 0.3 is 7.82 Å². The maximum atomic E-state index is 8.88. The van der Waals surface area contributed by atoms with Crippen molar-refractivity contribution in [2.24, 2.45) is 0 Å². The van der Waals surface area contributed by atoms with Gasteiger partial charge in [-0.3, -0.25) is 0 Å². The van der Waals surface area contributed by atoms with Gasteiger partial charge in [-0.25, -0.2) is 4.57 Å². The quantitative estimate of drug-likeness (QED) is 0.279. The zero-order valence-electron chi connectivity index (χ0n) is 13.5. The smallest absolute Gasteiger partial charge is 0.466 e. The summed E-state index contributed by atoms with van der Waals surface area (Å²) in [6.45, 7) is 5.15. The Bertz CT molecular complexity index is 255. The molecule has 21 heavy (non-hydrogen) atoms. The maximum Gasteiger partial charge on any atom is 0.466 e. The van der Waals surface area contributed by atoms with Crippen LogP contribution in [0.2, 0.25) is 0 Å². The average molecular weight is 324 g/mol. The molecule has 0 aliphatic carbocycles. The van der Waals surface area contributed by atoms with Crippen molar-refractivity contribution >= 4 is 7.82 Å². The Morgan fingerprint density at radius 2 is 1.24 bits per heavy atom. The van der Waals surface area contributed by atoms with Gasteiger partial charge in [-0.1, -0.05) is 70.8 Å². The fourth-order valence-corrected chi connectivity index (χ4v) is 1.84. The first kappa shape index (κ1) is 22.9. The van der Waals surface area contributed by atoms with E-state index in [-0.39, 0.29) is 0 Å². The lowest BCUT2D eigenvalue weighted by Crippen LogP contribution is -1.88. The molecule has 0 saturated carbocycles. The molecular formula is C15H33O5P. The third-order valence-corrected chi connectivity index (χ3v) is 2.85. The van der Waals surface area contributed by atoms with E-state index in [4.69, 9.17) is 24.0 Å². The SMILES string of the molecule is CC=COCCCCCCCCCCCC.O=P(O)(O)O. The minimum atomic E-state index is -4.64. The van der Waals surface area contributed by atoms with Gasteiger partial charge in [-0.2, -0.15) is 0 Å².